The van der Waals surface area contributed by atoms with Gasteiger partial charge in [0.05, 0.1) is 6.61 Å². The van der Waals surface area contributed by atoms with Crippen LogP contribution in [0.15, 0.2) is 34.8 Å². The Balaban J connectivity index is 1.89. The van der Waals surface area contributed by atoms with E-state index in [-0.39, 0.29) is 4.83 Å². The molecule has 0 bridgehead atoms. The fraction of sp³-hybridized carbons (Fsp3) is 0.333. The molecule has 1 aliphatic heterocycles. The standard InChI is InChI=1S/C18H18Br2O/c1-11-3-4-13(7-12(11)2)8-17(20)16-10-15(19)9-14-5-6-21-18(14)16/h3-4,7,9-10,17H,5-6,8H2,1-2H3. The van der Waals surface area contributed by atoms with Crippen LogP contribution in [0.4, 0.5) is 0 Å². The number of hydrogen-bond acceptors (Lipinski definition) is 1. The smallest absolute Gasteiger partial charge is 0.127 e. The number of rotatable bonds is 3. The zero-order valence-electron chi connectivity index (χ0n) is 12.2. The highest BCUT2D eigenvalue weighted by molar-refractivity contribution is 9.10. The van der Waals surface area contributed by atoms with Crippen LogP contribution in [-0.4, -0.2) is 6.61 Å². The Hall–Kier alpha value is -0.800. The van der Waals surface area contributed by atoms with E-state index < -0.39 is 0 Å². The van der Waals surface area contributed by atoms with Gasteiger partial charge in [-0.15, -0.1) is 0 Å². The van der Waals surface area contributed by atoms with Crippen molar-refractivity contribution in [1.82, 2.24) is 0 Å². The molecule has 3 heteroatoms. The molecule has 0 N–H and O–H groups in total. The number of halogens is 2. The maximum atomic E-state index is 5.84. The average molecular weight is 410 g/mol. The van der Waals surface area contributed by atoms with Gasteiger partial charge in [0.2, 0.25) is 0 Å². The third-order valence-corrected chi connectivity index (χ3v) is 5.38. The van der Waals surface area contributed by atoms with Crippen molar-refractivity contribution < 1.29 is 4.74 Å². The lowest BCUT2D eigenvalue weighted by Crippen LogP contribution is -1.99. The summed E-state index contributed by atoms with van der Waals surface area (Å²) in [5.74, 6) is 1.07. The highest BCUT2D eigenvalue weighted by Crippen LogP contribution is 2.40. The van der Waals surface area contributed by atoms with Gasteiger partial charge < -0.3 is 4.74 Å². The SMILES string of the molecule is Cc1ccc(CC(Br)c2cc(Br)cc3c2OCC3)cc1C. The third-order valence-electron chi connectivity index (χ3n) is 4.10. The Labute approximate surface area is 143 Å². The normalized spacial score (nSPS) is 14.7. The van der Waals surface area contributed by atoms with E-state index in [4.69, 9.17) is 4.74 Å². The molecule has 1 aliphatic rings. The van der Waals surface area contributed by atoms with E-state index in [1.165, 1.54) is 27.8 Å². The van der Waals surface area contributed by atoms with Gasteiger partial charge in [-0.1, -0.05) is 50.1 Å². The zero-order chi connectivity index (χ0) is 15.0. The second-order valence-electron chi connectivity index (χ2n) is 5.67. The fourth-order valence-electron chi connectivity index (χ4n) is 2.78. The maximum Gasteiger partial charge on any atom is 0.127 e. The molecular weight excluding hydrogens is 392 g/mol. The first-order chi connectivity index (χ1) is 10.0. The lowest BCUT2D eigenvalue weighted by Gasteiger charge is -2.15. The number of fused-ring (bicyclic) bond motifs is 1. The summed E-state index contributed by atoms with van der Waals surface area (Å²) in [5, 5.41) is 0. The molecule has 21 heavy (non-hydrogen) atoms. The van der Waals surface area contributed by atoms with Crippen LogP contribution in [0.25, 0.3) is 0 Å². The molecule has 110 valence electrons. The lowest BCUT2D eigenvalue weighted by atomic mass is 9.98. The first-order valence-electron chi connectivity index (χ1n) is 7.20. The minimum Gasteiger partial charge on any atom is -0.493 e. The molecule has 0 spiro atoms. The predicted octanol–water partition coefficient (Wildman–Crippen LogP) is 5.68. The van der Waals surface area contributed by atoms with Crippen molar-refractivity contribution in [3.63, 3.8) is 0 Å². The number of hydrogen-bond donors (Lipinski definition) is 0. The van der Waals surface area contributed by atoms with Gasteiger partial charge in [-0.05, 0) is 54.7 Å². The molecule has 1 atom stereocenters. The molecule has 0 saturated carbocycles. The number of ether oxygens (including phenoxy) is 1. The molecule has 1 unspecified atom stereocenters. The quantitative estimate of drug-likeness (QED) is 0.592. The Morgan fingerprint density at radius 2 is 1.95 bits per heavy atom. The Morgan fingerprint density at radius 1 is 1.14 bits per heavy atom. The minimum atomic E-state index is 0.268. The molecule has 0 saturated heterocycles. The molecule has 0 aliphatic carbocycles. The van der Waals surface area contributed by atoms with Crippen molar-refractivity contribution >= 4 is 31.9 Å². The van der Waals surface area contributed by atoms with Crippen LogP contribution in [0, 0.1) is 13.8 Å². The molecule has 0 aromatic heterocycles. The Kier molecular flexibility index (Phi) is 4.41. The average Bonchev–Trinajstić information content (AvgIpc) is 2.90. The number of aryl methyl sites for hydroxylation is 2. The molecule has 0 radical (unpaired) electrons. The van der Waals surface area contributed by atoms with Crippen LogP contribution in [0.3, 0.4) is 0 Å². The zero-order valence-corrected chi connectivity index (χ0v) is 15.4. The summed E-state index contributed by atoms with van der Waals surface area (Å²) in [6.07, 6.45) is 1.97. The topological polar surface area (TPSA) is 9.23 Å². The van der Waals surface area contributed by atoms with Crippen molar-refractivity contribution in [3.8, 4) is 5.75 Å². The van der Waals surface area contributed by atoms with E-state index in [9.17, 15) is 0 Å². The van der Waals surface area contributed by atoms with Crippen molar-refractivity contribution in [1.29, 1.82) is 0 Å². The van der Waals surface area contributed by atoms with Gasteiger partial charge in [0.15, 0.2) is 0 Å². The third kappa shape index (κ3) is 3.19. The van der Waals surface area contributed by atoms with Crippen molar-refractivity contribution in [2.45, 2.75) is 31.5 Å². The predicted molar refractivity (Wildman–Crippen MR) is 94.6 cm³/mol. The first kappa shape index (κ1) is 15.1. The van der Waals surface area contributed by atoms with E-state index in [1.807, 2.05) is 0 Å². The van der Waals surface area contributed by atoms with Crippen molar-refractivity contribution in [2.24, 2.45) is 0 Å². The maximum absolute atomic E-state index is 5.84. The second-order valence-corrected chi connectivity index (χ2v) is 7.69. The van der Waals surface area contributed by atoms with E-state index in [0.717, 1.165) is 29.7 Å². The van der Waals surface area contributed by atoms with Gasteiger partial charge in [0.25, 0.3) is 0 Å². The molecule has 0 amide bonds. The largest absolute Gasteiger partial charge is 0.493 e. The molecule has 1 nitrogen and oxygen atoms in total. The Bertz CT molecular complexity index is 679. The van der Waals surface area contributed by atoms with Crippen molar-refractivity contribution in [3.05, 3.63) is 62.6 Å². The van der Waals surface area contributed by atoms with Gasteiger partial charge in [-0.25, -0.2) is 0 Å². The van der Waals surface area contributed by atoms with Gasteiger partial charge in [0, 0.05) is 21.3 Å². The molecule has 3 rings (SSSR count). The van der Waals surface area contributed by atoms with Crippen LogP contribution in [0.2, 0.25) is 0 Å². The summed E-state index contributed by atoms with van der Waals surface area (Å²) in [5.41, 5.74) is 6.60. The molecule has 2 aromatic carbocycles. The van der Waals surface area contributed by atoms with Crippen LogP contribution in [0.1, 0.15) is 32.6 Å². The summed E-state index contributed by atoms with van der Waals surface area (Å²) in [7, 11) is 0. The number of benzene rings is 2. The fourth-order valence-corrected chi connectivity index (χ4v) is 4.01. The van der Waals surface area contributed by atoms with Crippen molar-refractivity contribution in [2.75, 3.05) is 6.61 Å². The summed E-state index contributed by atoms with van der Waals surface area (Å²) in [4.78, 5) is 0.268. The van der Waals surface area contributed by atoms with E-state index in [2.05, 4.69) is 76.0 Å². The molecule has 0 fully saturated rings. The van der Waals surface area contributed by atoms with Gasteiger partial charge in [-0.2, -0.15) is 0 Å². The summed E-state index contributed by atoms with van der Waals surface area (Å²) in [6.45, 7) is 5.11. The van der Waals surface area contributed by atoms with Gasteiger partial charge >= 0.3 is 0 Å². The first-order valence-corrected chi connectivity index (χ1v) is 8.91. The van der Waals surface area contributed by atoms with Crippen LogP contribution >= 0.6 is 31.9 Å². The highest BCUT2D eigenvalue weighted by atomic mass is 79.9. The minimum absolute atomic E-state index is 0.268. The molecule has 1 heterocycles. The Morgan fingerprint density at radius 3 is 2.71 bits per heavy atom. The number of alkyl halides is 1. The highest BCUT2D eigenvalue weighted by Gasteiger charge is 2.22. The second kappa shape index (κ2) is 6.13. The van der Waals surface area contributed by atoms with E-state index >= 15 is 0 Å². The molecule has 2 aromatic rings. The van der Waals surface area contributed by atoms with Crippen LogP contribution < -0.4 is 4.74 Å². The summed E-state index contributed by atoms with van der Waals surface area (Å²) >= 11 is 7.47. The van der Waals surface area contributed by atoms with Crippen LogP contribution in [-0.2, 0) is 12.8 Å². The summed E-state index contributed by atoms with van der Waals surface area (Å²) in [6, 6.07) is 11.0. The van der Waals surface area contributed by atoms with E-state index in [1.54, 1.807) is 0 Å². The van der Waals surface area contributed by atoms with Gasteiger partial charge in [0.1, 0.15) is 5.75 Å². The molecular formula is C18H18Br2O. The lowest BCUT2D eigenvalue weighted by molar-refractivity contribution is 0.353. The van der Waals surface area contributed by atoms with Gasteiger partial charge in [-0.3, -0.25) is 0 Å². The van der Waals surface area contributed by atoms with E-state index in [0.29, 0.717) is 0 Å². The monoisotopic (exact) mass is 408 g/mol. The van der Waals surface area contributed by atoms with Crippen LogP contribution in [0.5, 0.6) is 5.75 Å². The summed E-state index contributed by atoms with van der Waals surface area (Å²) < 4.78 is 6.97.